The van der Waals surface area contributed by atoms with Gasteiger partial charge in [0.2, 0.25) is 0 Å². The number of imidazole rings is 1. The molecular weight excluding hydrogens is 375 g/mol. The van der Waals surface area contributed by atoms with Gasteiger partial charge in [-0.25, -0.2) is 4.98 Å². The molecular formula is C19H26Cl2N2OS. The lowest BCUT2D eigenvalue weighted by atomic mass is 10.2. The molecule has 0 spiro atoms. The van der Waals surface area contributed by atoms with Crippen molar-refractivity contribution in [3.8, 4) is 0 Å². The minimum absolute atomic E-state index is 0.354. The van der Waals surface area contributed by atoms with Crippen LogP contribution in [-0.2, 0) is 17.0 Å². The van der Waals surface area contributed by atoms with Crippen LogP contribution >= 0.6 is 35.0 Å². The van der Waals surface area contributed by atoms with Crippen LogP contribution in [0.25, 0.3) is 0 Å². The van der Waals surface area contributed by atoms with E-state index in [0.29, 0.717) is 10.3 Å². The van der Waals surface area contributed by atoms with Crippen LogP contribution in [0.3, 0.4) is 0 Å². The number of nitrogens with zero attached hydrogens (tertiary/aromatic N) is 2. The second kappa shape index (κ2) is 11.8. The number of hydrogen-bond donors (Lipinski definition) is 0. The lowest BCUT2D eigenvalue weighted by Gasteiger charge is -2.18. The minimum Gasteiger partial charge on any atom is -0.380 e. The Morgan fingerprint density at radius 2 is 2.12 bits per heavy atom. The van der Waals surface area contributed by atoms with Crippen LogP contribution in [-0.4, -0.2) is 28.0 Å². The quantitative estimate of drug-likeness (QED) is 0.403. The topological polar surface area (TPSA) is 27.1 Å². The summed E-state index contributed by atoms with van der Waals surface area (Å²) in [6.45, 7) is 4.67. The second-order valence-electron chi connectivity index (χ2n) is 6.06. The van der Waals surface area contributed by atoms with E-state index >= 15 is 0 Å². The zero-order valence-corrected chi connectivity index (χ0v) is 17.0. The summed E-state index contributed by atoms with van der Waals surface area (Å²) in [6, 6.07) is 5.68. The van der Waals surface area contributed by atoms with Gasteiger partial charge in [0.05, 0.1) is 12.9 Å². The molecule has 0 saturated heterocycles. The van der Waals surface area contributed by atoms with Gasteiger partial charge in [-0.2, -0.15) is 0 Å². The number of unbranched alkanes of at least 4 members (excludes halogenated alkanes) is 3. The van der Waals surface area contributed by atoms with Gasteiger partial charge in [0.1, 0.15) is 0 Å². The molecule has 25 heavy (non-hydrogen) atoms. The van der Waals surface area contributed by atoms with E-state index in [9.17, 15) is 0 Å². The van der Waals surface area contributed by atoms with Gasteiger partial charge >= 0.3 is 0 Å². The Bertz CT molecular complexity index is 607. The summed E-state index contributed by atoms with van der Waals surface area (Å²) in [5.74, 6) is 0.842. The van der Waals surface area contributed by atoms with Crippen molar-refractivity contribution in [2.75, 3.05) is 13.2 Å². The van der Waals surface area contributed by atoms with Crippen LogP contribution in [0.2, 0.25) is 10.0 Å². The predicted molar refractivity (Wildman–Crippen MR) is 109 cm³/mol. The molecule has 0 aliphatic rings. The molecule has 1 aromatic carbocycles. The summed E-state index contributed by atoms with van der Waals surface area (Å²) in [6.07, 6.45) is 10.6. The molecule has 138 valence electrons. The smallest absolute Gasteiger partial charge is 0.0946 e. The van der Waals surface area contributed by atoms with Gasteiger partial charge in [0.25, 0.3) is 0 Å². The Hall–Kier alpha value is -0.680. The first-order valence-corrected chi connectivity index (χ1v) is 10.6. The number of aromatic nitrogens is 2. The van der Waals surface area contributed by atoms with Crippen LogP contribution in [0.15, 0.2) is 36.9 Å². The number of hydrogen-bond acceptors (Lipinski definition) is 3. The zero-order chi connectivity index (χ0) is 17.9. The number of rotatable bonds is 12. The molecule has 1 unspecified atom stereocenters. The van der Waals surface area contributed by atoms with E-state index in [-0.39, 0.29) is 0 Å². The van der Waals surface area contributed by atoms with Crippen molar-refractivity contribution in [2.24, 2.45) is 0 Å². The van der Waals surface area contributed by atoms with Gasteiger partial charge < -0.3 is 9.30 Å². The van der Waals surface area contributed by atoms with Crippen molar-refractivity contribution in [2.45, 2.75) is 50.2 Å². The van der Waals surface area contributed by atoms with Crippen molar-refractivity contribution >= 4 is 35.0 Å². The SMILES string of the molecule is CCCCCCOCC(Cn1ccnc1)SCc1ccc(Cl)cc1Cl. The van der Waals surface area contributed by atoms with E-state index in [4.69, 9.17) is 27.9 Å². The molecule has 0 fully saturated rings. The highest BCUT2D eigenvalue weighted by molar-refractivity contribution is 7.99. The fourth-order valence-corrected chi connectivity index (χ4v) is 4.17. The molecule has 0 bridgehead atoms. The molecule has 0 aliphatic carbocycles. The lowest BCUT2D eigenvalue weighted by Crippen LogP contribution is -2.19. The number of halogens is 2. The molecule has 0 radical (unpaired) electrons. The van der Waals surface area contributed by atoms with Gasteiger partial charge in [0.15, 0.2) is 0 Å². The standard InChI is InChI=1S/C19H26Cl2N2OS/c1-2-3-4-5-10-24-13-18(12-23-9-8-22-15-23)25-14-16-6-7-17(20)11-19(16)21/h6-9,11,15,18H,2-5,10,12-14H2,1H3. The Morgan fingerprint density at radius 1 is 1.24 bits per heavy atom. The molecule has 3 nitrogen and oxygen atoms in total. The van der Waals surface area contributed by atoms with E-state index in [1.54, 1.807) is 6.07 Å². The third-order valence-corrected chi connectivity index (χ3v) is 5.73. The normalized spacial score (nSPS) is 12.4. The number of ether oxygens (including phenoxy) is 1. The second-order valence-corrected chi connectivity index (χ2v) is 8.20. The van der Waals surface area contributed by atoms with Crippen LogP contribution in [0.4, 0.5) is 0 Å². The molecule has 1 aromatic heterocycles. The highest BCUT2D eigenvalue weighted by Crippen LogP contribution is 2.27. The first-order valence-electron chi connectivity index (χ1n) is 8.78. The predicted octanol–water partition coefficient (Wildman–Crippen LogP) is 6.09. The largest absolute Gasteiger partial charge is 0.380 e. The van der Waals surface area contributed by atoms with Gasteiger partial charge in [-0.1, -0.05) is 55.5 Å². The first-order chi connectivity index (χ1) is 12.2. The average molecular weight is 401 g/mol. The van der Waals surface area contributed by atoms with Gasteiger partial charge in [-0.15, -0.1) is 11.8 Å². The summed E-state index contributed by atoms with van der Waals surface area (Å²) in [5, 5.41) is 1.75. The van der Waals surface area contributed by atoms with E-state index in [1.807, 2.05) is 42.6 Å². The zero-order valence-electron chi connectivity index (χ0n) is 14.7. The van der Waals surface area contributed by atoms with E-state index in [2.05, 4.69) is 16.5 Å². The molecule has 2 rings (SSSR count). The van der Waals surface area contributed by atoms with Crippen molar-refractivity contribution in [3.05, 3.63) is 52.5 Å². The van der Waals surface area contributed by atoms with E-state index in [0.717, 1.165) is 42.5 Å². The first kappa shape index (κ1) is 20.6. The number of thioether (sulfide) groups is 1. The van der Waals surface area contributed by atoms with Crippen molar-refractivity contribution < 1.29 is 4.74 Å². The summed E-state index contributed by atoms with van der Waals surface area (Å²) in [7, 11) is 0. The molecule has 0 N–H and O–H groups in total. The summed E-state index contributed by atoms with van der Waals surface area (Å²) in [4.78, 5) is 4.12. The van der Waals surface area contributed by atoms with Gasteiger partial charge in [-0.3, -0.25) is 0 Å². The van der Waals surface area contributed by atoms with Crippen LogP contribution in [0.5, 0.6) is 0 Å². The summed E-state index contributed by atoms with van der Waals surface area (Å²) < 4.78 is 8.02. The third-order valence-electron chi connectivity index (χ3n) is 3.91. The van der Waals surface area contributed by atoms with Crippen molar-refractivity contribution in [1.82, 2.24) is 9.55 Å². The van der Waals surface area contributed by atoms with E-state index < -0.39 is 0 Å². The highest BCUT2D eigenvalue weighted by atomic mass is 35.5. The van der Waals surface area contributed by atoms with Crippen molar-refractivity contribution in [3.63, 3.8) is 0 Å². The summed E-state index contributed by atoms with van der Waals surface area (Å²) >= 11 is 14.1. The Labute approximate surface area is 165 Å². The monoisotopic (exact) mass is 400 g/mol. The molecule has 0 aliphatic heterocycles. The molecule has 1 atom stereocenters. The molecule has 2 aromatic rings. The molecule has 1 heterocycles. The summed E-state index contributed by atoms with van der Waals surface area (Å²) in [5.41, 5.74) is 1.11. The Kier molecular flexibility index (Phi) is 9.77. The van der Waals surface area contributed by atoms with Gasteiger partial charge in [-0.05, 0) is 24.1 Å². The fourth-order valence-electron chi connectivity index (χ4n) is 2.48. The van der Waals surface area contributed by atoms with Crippen molar-refractivity contribution in [1.29, 1.82) is 0 Å². The Balaban J connectivity index is 1.83. The Morgan fingerprint density at radius 3 is 2.84 bits per heavy atom. The fraction of sp³-hybridized carbons (Fsp3) is 0.526. The molecule has 6 heteroatoms. The van der Waals surface area contributed by atoms with Gasteiger partial charge in [0, 0.05) is 46.6 Å². The maximum atomic E-state index is 6.29. The highest BCUT2D eigenvalue weighted by Gasteiger charge is 2.12. The van der Waals surface area contributed by atoms with Crippen LogP contribution in [0.1, 0.15) is 38.2 Å². The average Bonchev–Trinajstić information content (AvgIpc) is 3.09. The van der Waals surface area contributed by atoms with Crippen LogP contribution < -0.4 is 0 Å². The number of benzene rings is 1. The molecule has 0 amide bonds. The lowest BCUT2D eigenvalue weighted by molar-refractivity contribution is 0.128. The third kappa shape index (κ3) is 8.04. The van der Waals surface area contributed by atoms with Crippen LogP contribution in [0, 0.1) is 0 Å². The maximum absolute atomic E-state index is 6.29. The maximum Gasteiger partial charge on any atom is 0.0946 e. The molecule has 0 saturated carbocycles. The van der Waals surface area contributed by atoms with E-state index in [1.165, 1.54) is 19.3 Å². The minimum atomic E-state index is 0.354.